The largest absolute Gasteiger partial charge is 0.326 e. The average molecular weight is 314 g/mol. The van der Waals surface area contributed by atoms with Crippen LogP contribution in [0.15, 0.2) is 10.3 Å². The van der Waals surface area contributed by atoms with Gasteiger partial charge in [-0.05, 0) is 55.6 Å². The van der Waals surface area contributed by atoms with E-state index in [-0.39, 0.29) is 0 Å². The van der Waals surface area contributed by atoms with Gasteiger partial charge in [0.1, 0.15) is 4.21 Å². The van der Waals surface area contributed by atoms with E-state index < -0.39 is 10.0 Å². The Labute approximate surface area is 124 Å². The third kappa shape index (κ3) is 2.66. The SMILES string of the molecule is Cc1cc(S(=O)(=O)NCC2CC3CCC2C3)sc1CN. The fraction of sp³-hybridized carbons (Fsp3) is 0.714. The molecule has 0 aromatic carbocycles. The molecule has 112 valence electrons. The van der Waals surface area contributed by atoms with Gasteiger partial charge in [-0.15, -0.1) is 11.3 Å². The molecule has 2 fully saturated rings. The summed E-state index contributed by atoms with van der Waals surface area (Å²) in [5, 5.41) is 0. The van der Waals surface area contributed by atoms with Crippen LogP contribution in [-0.2, 0) is 16.6 Å². The first-order valence-corrected chi connectivity index (χ1v) is 9.58. The lowest BCUT2D eigenvalue weighted by Crippen LogP contribution is -2.31. The van der Waals surface area contributed by atoms with Crippen molar-refractivity contribution in [1.82, 2.24) is 4.72 Å². The molecule has 0 saturated heterocycles. The highest BCUT2D eigenvalue weighted by atomic mass is 32.2. The Kier molecular flexibility index (Phi) is 3.92. The lowest BCUT2D eigenvalue weighted by molar-refractivity contribution is 0.333. The number of hydrogen-bond acceptors (Lipinski definition) is 4. The van der Waals surface area contributed by atoms with Gasteiger partial charge in [0.05, 0.1) is 0 Å². The zero-order valence-corrected chi connectivity index (χ0v) is 13.4. The Balaban J connectivity index is 1.66. The van der Waals surface area contributed by atoms with E-state index in [1.807, 2.05) is 6.92 Å². The normalized spacial score (nSPS) is 29.2. The van der Waals surface area contributed by atoms with Gasteiger partial charge in [-0.2, -0.15) is 0 Å². The molecule has 3 atom stereocenters. The molecule has 1 aromatic rings. The molecule has 0 spiro atoms. The smallest absolute Gasteiger partial charge is 0.250 e. The summed E-state index contributed by atoms with van der Waals surface area (Å²) in [6.45, 7) is 2.91. The topological polar surface area (TPSA) is 72.2 Å². The summed E-state index contributed by atoms with van der Waals surface area (Å²) < 4.78 is 27.9. The molecule has 3 N–H and O–H groups in total. The standard InChI is InChI=1S/C14H22N2O2S2/c1-9-4-14(19-13(9)7-15)20(17,18)16-8-12-6-10-2-3-11(12)5-10/h4,10-12,16H,2-3,5-8,15H2,1H3. The quantitative estimate of drug-likeness (QED) is 0.875. The van der Waals surface area contributed by atoms with Crippen molar-refractivity contribution < 1.29 is 8.42 Å². The van der Waals surface area contributed by atoms with E-state index >= 15 is 0 Å². The van der Waals surface area contributed by atoms with Crippen molar-refractivity contribution in [3.8, 4) is 0 Å². The minimum Gasteiger partial charge on any atom is -0.326 e. The number of nitrogens with one attached hydrogen (secondary N) is 1. The molecular formula is C14H22N2O2S2. The van der Waals surface area contributed by atoms with Crippen LogP contribution in [0.4, 0.5) is 0 Å². The number of aryl methyl sites for hydroxylation is 1. The van der Waals surface area contributed by atoms with Crippen LogP contribution in [0, 0.1) is 24.7 Å². The van der Waals surface area contributed by atoms with Crippen LogP contribution in [0.5, 0.6) is 0 Å². The van der Waals surface area contributed by atoms with Crippen molar-refractivity contribution in [2.45, 2.75) is 43.4 Å². The van der Waals surface area contributed by atoms with Crippen LogP contribution >= 0.6 is 11.3 Å². The van der Waals surface area contributed by atoms with E-state index in [2.05, 4.69) is 4.72 Å². The van der Waals surface area contributed by atoms with E-state index in [1.165, 1.54) is 37.0 Å². The van der Waals surface area contributed by atoms with Gasteiger partial charge >= 0.3 is 0 Å². The number of hydrogen-bond donors (Lipinski definition) is 2. The fourth-order valence-electron chi connectivity index (χ4n) is 3.74. The van der Waals surface area contributed by atoms with Gasteiger partial charge in [-0.25, -0.2) is 13.1 Å². The van der Waals surface area contributed by atoms with Gasteiger partial charge in [-0.3, -0.25) is 0 Å². The van der Waals surface area contributed by atoms with Crippen LogP contribution in [0.1, 0.15) is 36.1 Å². The van der Waals surface area contributed by atoms with Gasteiger partial charge in [-0.1, -0.05) is 6.42 Å². The Morgan fingerprint density at radius 3 is 2.75 bits per heavy atom. The zero-order chi connectivity index (χ0) is 14.3. The highest BCUT2D eigenvalue weighted by molar-refractivity contribution is 7.91. The van der Waals surface area contributed by atoms with Crippen LogP contribution in [0.2, 0.25) is 0 Å². The Hall–Kier alpha value is -0.430. The number of rotatable bonds is 5. The van der Waals surface area contributed by atoms with Gasteiger partial charge in [0.15, 0.2) is 0 Å². The van der Waals surface area contributed by atoms with E-state index in [4.69, 9.17) is 5.73 Å². The molecule has 0 aliphatic heterocycles. The Bertz CT molecular complexity index is 594. The molecule has 6 heteroatoms. The summed E-state index contributed by atoms with van der Waals surface area (Å²) in [4.78, 5) is 0.949. The third-order valence-electron chi connectivity index (χ3n) is 4.87. The van der Waals surface area contributed by atoms with Crippen molar-refractivity contribution in [2.24, 2.45) is 23.5 Å². The molecule has 0 amide bonds. The predicted molar refractivity (Wildman–Crippen MR) is 81.1 cm³/mol. The number of thiophene rings is 1. The maximum atomic E-state index is 12.3. The van der Waals surface area contributed by atoms with E-state index in [0.717, 1.165) is 22.3 Å². The second-order valence-electron chi connectivity index (χ2n) is 6.16. The minimum atomic E-state index is -3.36. The summed E-state index contributed by atoms with van der Waals surface area (Å²) in [5.74, 6) is 2.13. The molecule has 2 saturated carbocycles. The van der Waals surface area contributed by atoms with Crippen LogP contribution in [0.3, 0.4) is 0 Å². The Morgan fingerprint density at radius 1 is 1.40 bits per heavy atom. The molecule has 2 aliphatic rings. The third-order valence-corrected chi connectivity index (χ3v) is 8.02. The van der Waals surface area contributed by atoms with Crippen LogP contribution in [-0.4, -0.2) is 15.0 Å². The zero-order valence-electron chi connectivity index (χ0n) is 11.8. The summed E-state index contributed by atoms with van der Waals surface area (Å²) >= 11 is 1.29. The number of fused-ring (bicyclic) bond motifs is 2. The highest BCUT2D eigenvalue weighted by Crippen LogP contribution is 2.48. The summed E-state index contributed by atoms with van der Waals surface area (Å²) in [6.07, 6.45) is 5.14. The van der Waals surface area contributed by atoms with E-state index in [1.54, 1.807) is 6.07 Å². The van der Waals surface area contributed by atoms with Crippen LogP contribution < -0.4 is 10.5 Å². The van der Waals surface area contributed by atoms with Crippen molar-refractivity contribution in [2.75, 3.05) is 6.54 Å². The first kappa shape index (κ1) is 14.5. The maximum absolute atomic E-state index is 12.3. The fourth-order valence-corrected chi connectivity index (χ4v) is 6.34. The summed E-state index contributed by atoms with van der Waals surface area (Å²) in [6, 6.07) is 1.73. The number of nitrogens with two attached hydrogens (primary N) is 1. The number of sulfonamides is 1. The van der Waals surface area contributed by atoms with E-state index in [0.29, 0.717) is 23.2 Å². The molecule has 20 heavy (non-hydrogen) atoms. The molecule has 3 rings (SSSR count). The molecule has 1 aromatic heterocycles. The maximum Gasteiger partial charge on any atom is 0.250 e. The molecule has 1 heterocycles. The van der Waals surface area contributed by atoms with Crippen LogP contribution in [0.25, 0.3) is 0 Å². The van der Waals surface area contributed by atoms with Crippen molar-refractivity contribution in [1.29, 1.82) is 0 Å². The second-order valence-corrected chi connectivity index (χ2v) is 9.29. The van der Waals surface area contributed by atoms with Gasteiger partial charge in [0.25, 0.3) is 0 Å². The monoisotopic (exact) mass is 314 g/mol. The Morgan fingerprint density at radius 2 is 2.20 bits per heavy atom. The first-order valence-electron chi connectivity index (χ1n) is 7.28. The molecule has 0 radical (unpaired) electrons. The molecule has 2 bridgehead atoms. The highest BCUT2D eigenvalue weighted by Gasteiger charge is 2.39. The van der Waals surface area contributed by atoms with Gasteiger partial charge in [0.2, 0.25) is 10.0 Å². The average Bonchev–Trinajstić information content (AvgIpc) is 3.10. The second kappa shape index (κ2) is 5.40. The van der Waals surface area contributed by atoms with E-state index in [9.17, 15) is 8.42 Å². The molecule has 4 nitrogen and oxygen atoms in total. The minimum absolute atomic E-state index is 0.401. The van der Waals surface area contributed by atoms with Gasteiger partial charge < -0.3 is 5.73 Å². The first-order chi connectivity index (χ1) is 9.49. The predicted octanol–water partition coefficient (Wildman–Crippen LogP) is 2.23. The lowest BCUT2D eigenvalue weighted by atomic mass is 9.89. The molecular weight excluding hydrogens is 292 g/mol. The molecule has 3 unspecified atom stereocenters. The summed E-state index contributed by atoms with van der Waals surface area (Å²) in [5.41, 5.74) is 6.59. The van der Waals surface area contributed by atoms with Crippen molar-refractivity contribution >= 4 is 21.4 Å². The van der Waals surface area contributed by atoms with Crippen molar-refractivity contribution in [3.63, 3.8) is 0 Å². The van der Waals surface area contributed by atoms with Gasteiger partial charge in [0, 0.05) is 18.0 Å². The lowest BCUT2D eigenvalue weighted by Gasteiger charge is -2.21. The summed E-state index contributed by atoms with van der Waals surface area (Å²) in [7, 11) is -3.36. The molecule has 2 aliphatic carbocycles. The van der Waals surface area contributed by atoms with Crippen molar-refractivity contribution in [3.05, 3.63) is 16.5 Å².